The minimum absolute atomic E-state index is 0.00971. The molecular weight excluding hydrogens is 389 g/mol. The lowest BCUT2D eigenvalue weighted by molar-refractivity contribution is 0.565. The van der Waals surface area contributed by atoms with Gasteiger partial charge in [0.2, 0.25) is 5.95 Å². The van der Waals surface area contributed by atoms with Crippen molar-refractivity contribution in [3.05, 3.63) is 88.7 Å². The highest BCUT2D eigenvalue weighted by atomic mass is 35.5. The van der Waals surface area contributed by atoms with Gasteiger partial charge in [-0.2, -0.15) is 4.39 Å². The second-order valence-corrected chi connectivity index (χ2v) is 7.74. The molecular formula is C17H10ClF3N2O2S. The third kappa shape index (κ3) is 3.42. The first-order chi connectivity index (χ1) is 12.3. The number of halogens is 4. The Labute approximate surface area is 152 Å². The molecule has 0 amide bonds. The summed E-state index contributed by atoms with van der Waals surface area (Å²) in [5.41, 5.74) is -0.419. The van der Waals surface area contributed by atoms with Crippen LogP contribution in [-0.2, 0) is 9.84 Å². The van der Waals surface area contributed by atoms with Crippen molar-refractivity contribution in [2.75, 3.05) is 0 Å². The summed E-state index contributed by atoms with van der Waals surface area (Å²) in [5, 5.41) is -1.71. The Hall–Kier alpha value is -2.45. The molecule has 9 heteroatoms. The van der Waals surface area contributed by atoms with Crippen LogP contribution in [-0.4, -0.2) is 18.4 Å². The van der Waals surface area contributed by atoms with Gasteiger partial charge in [-0.15, -0.1) is 0 Å². The lowest BCUT2D eigenvalue weighted by Crippen LogP contribution is -2.18. The van der Waals surface area contributed by atoms with Gasteiger partial charge < -0.3 is 0 Å². The Kier molecular flexibility index (Phi) is 4.97. The van der Waals surface area contributed by atoms with Crippen LogP contribution < -0.4 is 0 Å². The minimum atomic E-state index is -4.33. The Bertz CT molecular complexity index is 1060. The summed E-state index contributed by atoms with van der Waals surface area (Å²) < 4.78 is 67.4. The quantitative estimate of drug-likeness (QED) is 0.620. The summed E-state index contributed by atoms with van der Waals surface area (Å²) in [7, 11) is -4.33. The first kappa shape index (κ1) is 18.3. The molecule has 3 aromatic rings. The fourth-order valence-corrected chi connectivity index (χ4v) is 4.56. The molecule has 3 rings (SSSR count). The third-order valence-electron chi connectivity index (χ3n) is 3.67. The van der Waals surface area contributed by atoms with E-state index in [1.54, 1.807) is 0 Å². The van der Waals surface area contributed by atoms with E-state index < -0.39 is 38.2 Å². The Morgan fingerprint density at radius 1 is 0.962 bits per heavy atom. The zero-order chi connectivity index (χ0) is 18.9. The highest BCUT2D eigenvalue weighted by Gasteiger charge is 2.35. The van der Waals surface area contributed by atoms with Gasteiger partial charge in [0.25, 0.3) is 0 Å². The average Bonchev–Trinajstić information content (AvgIpc) is 2.60. The van der Waals surface area contributed by atoms with Gasteiger partial charge in [-0.05, 0) is 42.0 Å². The Morgan fingerprint density at radius 3 is 2.38 bits per heavy atom. The second-order valence-electron chi connectivity index (χ2n) is 5.30. The maximum atomic E-state index is 14.4. The van der Waals surface area contributed by atoms with Gasteiger partial charge in [0.1, 0.15) is 16.9 Å². The lowest BCUT2D eigenvalue weighted by Gasteiger charge is -2.20. The first-order valence-corrected chi connectivity index (χ1v) is 9.13. The summed E-state index contributed by atoms with van der Waals surface area (Å²) in [6, 6.07) is 5.63. The van der Waals surface area contributed by atoms with Crippen LogP contribution >= 0.6 is 11.6 Å². The SMILES string of the molecule is O=S(=O)(c1ccc(F)nc1)C(c1cc(F)ccc1F)c1ccncc1Cl. The van der Waals surface area contributed by atoms with Crippen molar-refractivity contribution >= 4 is 21.4 Å². The van der Waals surface area contributed by atoms with Crippen LogP contribution in [0.25, 0.3) is 0 Å². The number of sulfone groups is 1. The van der Waals surface area contributed by atoms with Crippen molar-refractivity contribution < 1.29 is 21.6 Å². The highest BCUT2D eigenvalue weighted by molar-refractivity contribution is 7.92. The van der Waals surface area contributed by atoms with Crippen LogP contribution in [0.1, 0.15) is 16.4 Å². The standard InChI is InChI=1S/C17H10ClF3N2O2S/c18-14-9-22-6-5-12(14)17(13-7-10(19)1-3-15(13)20)26(24,25)11-2-4-16(21)23-8-11/h1-9,17H. The van der Waals surface area contributed by atoms with E-state index in [0.29, 0.717) is 0 Å². The summed E-state index contributed by atoms with van der Waals surface area (Å²) in [5.74, 6) is -2.62. The first-order valence-electron chi connectivity index (χ1n) is 7.20. The van der Waals surface area contributed by atoms with Crippen molar-refractivity contribution in [2.45, 2.75) is 10.1 Å². The number of hydrogen-bond acceptors (Lipinski definition) is 4. The van der Waals surface area contributed by atoms with Gasteiger partial charge >= 0.3 is 0 Å². The predicted molar refractivity (Wildman–Crippen MR) is 88.8 cm³/mol. The fourth-order valence-electron chi connectivity index (χ4n) is 2.48. The average molecular weight is 399 g/mol. The van der Waals surface area contributed by atoms with Crippen molar-refractivity contribution in [3.63, 3.8) is 0 Å². The van der Waals surface area contributed by atoms with E-state index in [9.17, 15) is 21.6 Å². The maximum Gasteiger partial charge on any atom is 0.212 e. The molecule has 1 aromatic carbocycles. The molecule has 0 aliphatic heterocycles. The van der Waals surface area contributed by atoms with Crippen LogP contribution in [0.2, 0.25) is 5.02 Å². The van der Waals surface area contributed by atoms with Crippen LogP contribution in [0.4, 0.5) is 13.2 Å². The van der Waals surface area contributed by atoms with Gasteiger partial charge in [0.15, 0.2) is 9.84 Å². The lowest BCUT2D eigenvalue weighted by atomic mass is 10.0. The molecule has 0 radical (unpaired) electrons. The number of hydrogen-bond donors (Lipinski definition) is 0. The highest BCUT2D eigenvalue weighted by Crippen LogP contribution is 2.39. The van der Waals surface area contributed by atoms with E-state index in [2.05, 4.69) is 9.97 Å². The zero-order valence-corrected chi connectivity index (χ0v) is 14.5. The monoisotopic (exact) mass is 398 g/mol. The summed E-state index contributed by atoms with van der Waals surface area (Å²) >= 11 is 6.06. The Morgan fingerprint density at radius 2 is 1.73 bits per heavy atom. The fraction of sp³-hybridized carbons (Fsp3) is 0.0588. The van der Waals surface area contributed by atoms with Crippen molar-refractivity contribution in [1.82, 2.24) is 9.97 Å². The van der Waals surface area contributed by atoms with E-state index in [4.69, 9.17) is 11.6 Å². The van der Waals surface area contributed by atoms with Gasteiger partial charge in [-0.25, -0.2) is 22.2 Å². The molecule has 1 unspecified atom stereocenters. The summed E-state index contributed by atoms with van der Waals surface area (Å²) in [6.07, 6.45) is 3.29. The molecule has 0 saturated carbocycles. The molecule has 4 nitrogen and oxygen atoms in total. The van der Waals surface area contributed by atoms with Gasteiger partial charge in [0.05, 0.1) is 9.92 Å². The Balaban J connectivity index is 2.29. The van der Waals surface area contributed by atoms with Crippen LogP contribution in [0, 0.1) is 17.6 Å². The second kappa shape index (κ2) is 7.05. The van der Waals surface area contributed by atoms with Gasteiger partial charge in [-0.1, -0.05) is 11.6 Å². The molecule has 2 aromatic heterocycles. The van der Waals surface area contributed by atoms with E-state index in [1.807, 2.05) is 0 Å². The normalized spacial score (nSPS) is 12.8. The number of pyridine rings is 2. The number of rotatable bonds is 4. The van der Waals surface area contributed by atoms with E-state index in [-0.39, 0.29) is 15.5 Å². The molecule has 0 saturated heterocycles. The van der Waals surface area contributed by atoms with E-state index >= 15 is 0 Å². The van der Waals surface area contributed by atoms with Crippen LogP contribution in [0.15, 0.2) is 59.9 Å². The van der Waals surface area contributed by atoms with Crippen molar-refractivity contribution in [1.29, 1.82) is 0 Å². The van der Waals surface area contributed by atoms with E-state index in [0.717, 1.165) is 36.5 Å². The zero-order valence-electron chi connectivity index (χ0n) is 12.9. The largest absolute Gasteiger partial charge is 0.263 e. The number of aromatic nitrogens is 2. The molecule has 0 spiro atoms. The van der Waals surface area contributed by atoms with Crippen LogP contribution in [0.5, 0.6) is 0 Å². The predicted octanol–water partition coefficient (Wildman–Crippen LogP) is 4.11. The molecule has 0 aliphatic carbocycles. The molecule has 0 bridgehead atoms. The number of nitrogens with zero attached hydrogens (tertiary/aromatic N) is 2. The molecule has 1 atom stereocenters. The molecule has 2 heterocycles. The van der Waals surface area contributed by atoms with Gasteiger partial charge in [0, 0.05) is 24.2 Å². The summed E-state index contributed by atoms with van der Waals surface area (Å²) in [6.45, 7) is 0. The van der Waals surface area contributed by atoms with Gasteiger partial charge in [-0.3, -0.25) is 4.98 Å². The summed E-state index contributed by atoms with van der Waals surface area (Å²) in [4.78, 5) is 6.73. The van der Waals surface area contributed by atoms with Crippen molar-refractivity contribution in [3.8, 4) is 0 Å². The molecule has 0 aliphatic rings. The van der Waals surface area contributed by atoms with Crippen LogP contribution in [0.3, 0.4) is 0 Å². The smallest absolute Gasteiger partial charge is 0.212 e. The number of benzene rings is 1. The molecule has 26 heavy (non-hydrogen) atoms. The molecule has 134 valence electrons. The minimum Gasteiger partial charge on any atom is -0.263 e. The van der Waals surface area contributed by atoms with E-state index in [1.165, 1.54) is 18.5 Å². The topological polar surface area (TPSA) is 59.9 Å². The van der Waals surface area contributed by atoms with Crippen molar-refractivity contribution in [2.24, 2.45) is 0 Å². The molecule has 0 N–H and O–H groups in total. The third-order valence-corrected chi connectivity index (χ3v) is 6.01. The molecule has 0 fully saturated rings. The maximum absolute atomic E-state index is 14.4.